The highest BCUT2D eigenvalue weighted by molar-refractivity contribution is 9.10. The molecule has 0 spiro atoms. The van der Waals surface area contributed by atoms with Gasteiger partial charge in [0, 0.05) is 44.7 Å². The van der Waals surface area contributed by atoms with Crippen molar-refractivity contribution in [2.75, 3.05) is 6.54 Å². The molecule has 5 rings (SSSR count). The van der Waals surface area contributed by atoms with Crippen LogP contribution in [0.4, 0.5) is 0 Å². The van der Waals surface area contributed by atoms with Gasteiger partial charge in [-0.15, -0.1) is 0 Å². The molecule has 0 unspecified atom stereocenters. The van der Waals surface area contributed by atoms with Gasteiger partial charge < -0.3 is 4.57 Å². The normalized spacial score (nSPS) is 16.4. The van der Waals surface area contributed by atoms with Crippen molar-refractivity contribution in [1.29, 1.82) is 0 Å². The highest BCUT2D eigenvalue weighted by Crippen LogP contribution is 2.28. The van der Waals surface area contributed by atoms with E-state index in [1.54, 1.807) is 6.21 Å². The minimum absolute atomic E-state index is 0.110. The van der Waals surface area contributed by atoms with Crippen molar-refractivity contribution in [2.45, 2.75) is 37.2 Å². The van der Waals surface area contributed by atoms with Crippen molar-refractivity contribution >= 4 is 60.6 Å². The standard InChI is InChI=1S/C28H26BrClN4O3S/c1-19-25(24-5-2-3-6-26(24)33(19)18-20-8-10-21(29)11-9-20)17-31-32-28(35)27-7-4-16-34(27)38(36,37)23-14-12-22(30)13-15-23/h2-3,5-6,8-15,17,27H,4,7,16,18H2,1H3,(H,32,35)/b31-17-/t27-/m0/s1. The van der Waals surface area contributed by atoms with E-state index >= 15 is 0 Å². The number of carbonyl (C=O) groups excluding carboxylic acids is 1. The topological polar surface area (TPSA) is 83.8 Å². The quantitative estimate of drug-likeness (QED) is 0.214. The van der Waals surface area contributed by atoms with Crippen LogP contribution < -0.4 is 5.43 Å². The van der Waals surface area contributed by atoms with Crippen LogP contribution in [0.3, 0.4) is 0 Å². The molecule has 7 nitrogen and oxygen atoms in total. The molecular formula is C28H26BrClN4O3S. The predicted octanol–water partition coefficient (Wildman–Crippen LogP) is 5.72. The van der Waals surface area contributed by atoms with Crippen LogP contribution in [0.15, 0.2) is 87.3 Å². The fourth-order valence-electron chi connectivity index (χ4n) is 4.86. The zero-order chi connectivity index (χ0) is 26.9. The molecule has 0 radical (unpaired) electrons. The summed E-state index contributed by atoms with van der Waals surface area (Å²) in [4.78, 5) is 13.1. The lowest BCUT2D eigenvalue weighted by atomic mass is 10.1. The molecule has 0 bridgehead atoms. The van der Waals surface area contributed by atoms with E-state index < -0.39 is 22.0 Å². The lowest BCUT2D eigenvalue weighted by molar-refractivity contribution is -0.124. The van der Waals surface area contributed by atoms with Crippen LogP contribution in [0.5, 0.6) is 0 Å². The summed E-state index contributed by atoms with van der Waals surface area (Å²) < 4.78 is 30.9. The van der Waals surface area contributed by atoms with Gasteiger partial charge in [0.2, 0.25) is 10.0 Å². The van der Waals surface area contributed by atoms with Crippen molar-refractivity contribution in [3.05, 3.63) is 99.1 Å². The van der Waals surface area contributed by atoms with Crippen LogP contribution in [-0.4, -0.2) is 42.0 Å². The molecule has 38 heavy (non-hydrogen) atoms. The second-order valence-electron chi connectivity index (χ2n) is 9.19. The molecule has 1 aliphatic heterocycles. The predicted molar refractivity (Wildman–Crippen MR) is 154 cm³/mol. The number of hydrogen-bond donors (Lipinski definition) is 1. The Balaban J connectivity index is 1.36. The summed E-state index contributed by atoms with van der Waals surface area (Å²) in [5, 5.41) is 5.71. The molecule has 1 amide bonds. The second kappa shape index (κ2) is 11.0. The first-order valence-electron chi connectivity index (χ1n) is 12.2. The van der Waals surface area contributed by atoms with E-state index in [-0.39, 0.29) is 11.4 Å². The number of sulfonamides is 1. The number of halogens is 2. The van der Waals surface area contributed by atoms with Gasteiger partial charge >= 0.3 is 0 Å². The summed E-state index contributed by atoms with van der Waals surface area (Å²) >= 11 is 9.39. The summed E-state index contributed by atoms with van der Waals surface area (Å²) in [5.74, 6) is -0.451. The number of aromatic nitrogens is 1. The van der Waals surface area contributed by atoms with Gasteiger partial charge in [-0.2, -0.15) is 9.41 Å². The SMILES string of the molecule is Cc1c(/C=N\NC(=O)[C@@H]2CCCN2S(=O)(=O)c2ccc(Cl)cc2)c2ccccc2n1Cc1ccc(Br)cc1. The molecule has 0 aliphatic carbocycles. The van der Waals surface area contributed by atoms with Crippen molar-refractivity contribution in [2.24, 2.45) is 5.10 Å². The number of amides is 1. The highest BCUT2D eigenvalue weighted by Gasteiger charge is 2.39. The van der Waals surface area contributed by atoms with E-state index in [2.05, 4.69) is 49.2 Å². The summed E-state index contributed by atoms with van der Waals surface area (Å²) in [5.41, 5.74) is 6.72. The van der Waals surface area contributed by atoms with Crippen LogP contribution in [0.1, 0.15) is 29.7 Å². The van der Waals surface area contributed by atoms with Crippen LogP contribution in [0.2, 0.25) is 5.02 Å². The van der Waals surface area contributed by atoms with Crippen LogP contribution in [0.25, 0.3) is 10.9 Å². The first-order chi connectivity index (χ1) is 18.3. The first-order valence-corrected chi connectivity index (χ1v) is 14.8. The molecule has 1 saturated heterocycles. The maximum absolute atomic E-state index is 13.2. The fraction of sp³-hybridized carbons (Fsp3) is 0.214. The third-order valence-electron chi connectivity index (χ3n) is 6.83. The van der Waals surface area contributed by atoms with Crippen LogP contribution >= 0.6 is 27.5 Å². The van der Waals surface area contributed by atoms with Gasteiger partial charge in [0.1, 0.15) is 6.04 Å². The van der Waals surface area contributed by atoms with Crippen molar-refractivity contribution in [3.63, 3.8) is 0 Å². The Kier molecular flexibility index (Phi) is 7.72. The lowest BCUT2D eigenvalue weighted by Crippen LogP contribution is -2.44. The van der Waals surface area contributed by atoms with Gasteiger partial charge in [-0.05, 0) is 67.8 Å². The smallest absolute Gasteiger partial charge is 0.258 e. The molecule has 196 valence electrons. The van der Waals surface area contributed by atoms with Crippen LogP contribution in [0, 0.1) is 6.92 Å². The molecule has 1 aliphatic rings. The number of fused-ring (bicyclic) bond motifs is 1. The van der Waals surface area contributed by atoms with Crippen molar-refractivity contribution in [1.82, 2.24) is 14.3 Å². The molecule has 1 N–H and O–H groups in total. The third-order valence-corrected chi connectivity index (χ3v) is 9.53. The summed E-state index contributed by atoms with van der Waals surface area (Å²) in [6, 6.07) is 21.4. The van der Waals surface area contributed by atoms with Gasteiger partial charge in [-0.1, -0.05) is 57.9 Å². The van der Waals surface area contributed by atoms with Gasteiger partial charge in [0.05, 0.1) is 11.1 Å². The molecule has 1 aromatic heterocycles. The fourth-order valence-corrected chi connectivity index (χ4v) is 6.91. The number of rotatable bonds is 7. The Morgan fingerprint density at radius 3 is 2.55 bits per heavy atom. The van der Waals surface area contributed by atoms with Crippen molar-refractivity contribution < 1.29 is 13.2 Å². The summed E-state index contributed by atoms with van der Waals surface area (Å²) in [6.45, 7) is 2.99. The molecule has 0 saturated carbocycles. The lowest BCUT2D eigenvalue weighted by Gasteiger charge is -2.22. The van der Waals surface area contributed by atoms with E-state index in [9.17, 15) is 13.2 Å². The summed E-state index contributed by atoms with van der Waals surface area (Å²) in [7, 11) is -3.84. The Morgan fingerprint density at radius 1 is 1.11 bits per heavy atom. The minimum atomic E-state index is -3.84. The van der Waals surface area contributed by atoms with E-state index in [1.807, 2.05) is 37.3 Å². The van der Waals surface area contributed by atoms with E-state index in [1.165, 1.54) is 28.6 Å². The average molecular weight is 614 g/mol. The number of benzene rings is 3. The monoisotopic (exact) mass is 612 g/mol. The third kappa shape index (κ3) is 5.29. The molecule has 3 aromatic carbocycles. The number of carbonyl (C=O) groups is 1. The van der Waals surface area contributed by atoms with E-state index in [4.69, 9.17) is 11.6 Å². The minimum Gasteiger partial charge on any atom is -0.340 e. The van der Waals surface area contributed by atoms with Gasteiger partial charge in [0.15, 0.2) is 0 Å². The van der Waals surface area contributed by atoms with E-state index in [0.29, 0.717) is 24.4 Å². The first kappa shape index (κ1) is 26.6. The van der Waals surface area contributed by atoms with Gasteiger partial charge in [-0.3, -0.25) is 4.79 Å². The zero-order valence-electron chi connectivity index (χ0n) is 20.6. The maximum atomic E-state index is 13.2. The average Bonchev–Trinajstić information content (AvgIpc) is 3.51. The van der Waals surface area contributed by atoms with Crippen LogP contribution in [-0.2, 0) is 21.4 Å². The highest BCUT2D eigenvalue weighted by atomic mass is 79.9. The number of hydrazone groups is 1. The molecule has 1 atom stereocenters. The largest absolute Gasteiger partial charge is 0.340 e. The van der Waals surface area contributed by atoms with Gasteiger partial charge in [0.25, 0.3) is 5.91 Å². The Labute approximate surface area is 235 Å². The van der Waals surface area contributed by atoms with Gasteiger partial charge in [-0.25, -0.2) is 13.8 Å². The number of para-hydroxylation sites is 1. The number of nitrogens with one attached hydrogen (secondary N) is 1. The number of nitrogens with zero attached hydrogens (tertiary/aromatic N) is 3. The van der Waals surface area contributed by atoms with Crippen molar-refractivity contribution in [3.8, 4) is 0 Å². The molecule has 10 heteroatoms. The number of hydrogen-bond acceptors (Lipinski definition) is 4. The second-order valence-corrected chi connectivity index (χ2v) is 12.4. The maximum Gasteiger partial charge on any atom is 0.258 e. The Bertz CT molecular complexity index is 1620. The Hall–Kier alpha value is -2.98. The molecule has 2 heterocycles. The Morgan fingerprint density at radius 2 is 1.82 bits per heavy atom. The molecular weight excluding hydrogens is 588 g/mol. The molecule has 4 aromatic rings. The zero-order valence-corrected chi connectivity index (χ0v) is 23.8. The molecule has 1 fully saturated rings. The summed E-state index contributed by atoms with van der Waals surface area (Å²) in [6.07, 6.45) is 2.66. The van der Waals surface area contributed by atoms with E-state index in [0.717, 1.165) is 32.2 Å².